The summed E-state index contributed by atoms with van der Waals surface area (Å²) < 4.78 is 5.72. The summed E-state index contributed by atoms with van der Waals surface area (Å²) in [5.74, 6) is 1.97. The maximum absolute atomic E-state index is 12.6. The highest BCUT2D eigenvalue weighted by Gasteiger charge is 2.54. The number of carbonyl (C=O) groups excluding carboxylic acids is 1. The molecule has 4 aliphatic rings. The first-order chi connectivity index (χ1) is 11.9. The normalized spacial score (nSPS) is 36.1. The van der Waals surface area contributed by atoms with Gasteiger partial charge in [-0.1, -0.05) is 36.6 Å². The molecule has 0 aromatic rings. The maximum atomic E-state index is 12.6. The van der Waals surface area contributed by atoms with E-state index >= 15 is 0 Å². The number of aliphatic hydroxyl groups excluding tert-OH is 1. The lowest BCUT2D eigenvalue weighted by molar-refractivity contribution is -0.139. The van der Waals surface area contributed by atoms with Gasteiger partial charge in [0.05, 0.1) is 12.2 Å². The Bertz CT molecular complexity index is 736. The van der Waals surface area contributed by atoms with Crippen LogP contribution in [-0.2, 0) is 9.53 Å². The average molecular weight is 340 g/mol. The second-order valence-corrected chi connectivity index (χ2v) is 8.34. The van der Waals surface area contributed by atoms with Crippen LogP contribution in [0.1, 0.15) is 59.3 Å². The van der Waals surface area contributed by atoms with Crippen molar-refractivity contribution < 1.29 is 14.6 Å². The van der Waals surface area contributed by atoms with Gasteiger partial charge >= 0.3 is 5.97 Å². The lowest BCUT2D eigenvalue weighted by Crippen LogP contribution is -2.10. The molecule has 0 aliphatic heterocycles. The number of allylic oxidation sites excluding steroid dienone is 7. The third kappa shape index (κ3) is 2.88. The van der Waals surface area contributed by atoms with Crippen molar-refractivity contribution in [3.8, 4) is 0 Å². The number of aliphatic hydroxyl groups is 1. The molecule has 0 saturated heterocycles. The summed E-state index contributed by atoms with van der Waals surface area (Å²) in [6.07, 6.45) is 11.2. The van der Waals surface area contributed by atoms with Crippen molar-refractivity contribution >= 4 is 5.97 Å². The molecule has 3 nitrogen and oxygen atoms in total. The Balaban J connectivity index is 1.41. The summed E-state index contributed by atoms with van der Waals surface area (Å²) in [5, 5.41) is 9.86. The van der Waals surface area contributed by atoms with E-state index in [1.165, 1.54) is 11.1 Å². The van der Waals surface area contributed by atoms with Gasteiger partial charge in [-0.25, -0.2) is 0 Å². The molecule has 134 valence electrons. The Hall–Kier alpha value is -1.77. The van der Waals surface area contributed by atoms with Gasteiger partial charge in [-0.3, -0.25) is 4.79 Å². The molecule has 0 radical (unpaired) electrons. The Morgan fingerprint density at radius 3 is 2.88 bits per heavy atom. The molecule has 0 heterocycles. The molecule has 0 aromatic carbocycles. The third-order valence-corrected chi connectivity index (χ3v) is 6.68. The average Bonchev–Trinajstić information content (AvgIpc) is 3.44. The lowest BCUT2D eigenvalue weighted by Gasteiger charge is -2.17. The molecular weight excluding hydrogens is 312 g/mol. The van der Waals surface area contributed by atoms with Gasteiger partial charge in [0.15, 0.2) is 0 Å². The van der Waals surface area contributed by atoms with Crippen LogP contribution in [0.15, 0.2) is 46.5 Å². The van der Waals surface area contributed by atoms with Gasteiger partial charge in [0.25, 0.3) is 0 Å². The standard InChI is InChI=1S/C22H28O3/c1-4-17-13(2)8-9-14(18-12-22(17,18)3)10-21(24)25-20-7-5-6-19(23)15-11-16(15)20/h6-7,9,15-16,18,23H,4-5,8,10-12H2,1-3H3. The zero-order valence-electron chi connectivity index (χ0n) is 15.5. The molecule has 2 saturated carbocycles. The van der Waals surface area contributed by atoms with Gasteiger partial charge in [-0.2, -0.15) is 0 Å². The van der Waals surface area contributed by atoms with Crippen molar-refractivity contribution in [1.29, 1.82) is 0 Å². The van der Waals surface area contributed by atoms with Gasteiger partial charge in [-0.15, -0.1) is 0 Å². The van der Waals surface area contributed by atoms with E-state index in [4.69, 9.17) is 4.74 Å². The summed E-state index contributed by atoms with van der Waals surface area (Å²) in [6, 6.07) is 0. The molecule has 4 aliphatic carbocycles. The number of carbonyl (C=O) groups is 1. The minimum Gasteiger partial charge on any atom is -0.512 e. The Morgan fingerprint density at radius 2 is 2.12 bits per heavy atom. The first-order valence-corrected chi connectivity index (χ1v) is 9.61. The van der Waals surface area contributed by atoms with Crippen LogP contribution in [0.2, 0.25) is 0 Å². The topological polar surface area (TPSA) is 46.5 Å². The van der Waals surface area contributed by atoms with Gasteiger partial charge < -0.3 is 9.84 Å². The molecule has 4 rings (SSSR count). The molecule has 25 heavy (non-hydrogen) atoms. The van der Waals surface area contributed by atoms with Crippen LogP contribution in [0.3, 0.4) is 0 Å². The summed E-state index contributed by atoms with van der Waals surface area (Å²) in [5.41, 5.74) is 4.59. The summed E-state index contributed by atoms with van der Waals surface area (Å²) in [4.78, 5) is 12.6. The van der Waals surface area contributed by atoms with Crippen LogP contribution in [0.5, 0.6) is 0 Å². The second kappa shape index (κ2) is 5.89. The molecule has 4 unspecified atom stereocenters. The molecule has 0 bridgehead atoms. The Kier molecular flexibility index (Phi) is 3.93. The lowest BCUT2D eigenvalue weighted by atomic mass is 9.88. The fourth-order valence-electron chi connectivity index (χ4n) is 5.06. The van der Waals surface area contributed by atoms with Crippen molar-refractivity contribution in [2.45, 2.75) is 59.3 Å². The number of hydrogen-bond acceptors (Lipinski definition) is 3. The molecule has 1 N–H and O–H groups in total. The highest BCUT2D eigenvalue weighted by molar-refractivity contribution is 5.74. The quantitative estimate of drug-likeness (QED) is 0.553. The number of fused-ring (bicyclic) bond motifs is 2. The van der Waals surface area contributed by atoms with Crippen molar-refractivity contribution in [1.82, 2.24) is 0 Å². The zero-order chi connectivity index (χ0) is 17.8. The molecule has 0 aromatic heterocycles. The van der Waals surface area contributed by atoms with Crippen molar-refractivity contribution in [3.05, 3.63) is 46.5 Å². The van der Waals surface area contributed by atoms with E-state index < -0.39 is 0 Å². The molecule has 3 heteroatoms. The minimum absolute atomic E-state index is 0.142. The van der Waals surface area contributed by atoms with Crippen LogP contribution in [0, 0.1) is 23.2 Å². The van der Waals surface area contributed by atoms with E-state index in [2.05, 4.69) is 26.8 Å². The number of esters is 1. The molecule has 0 amide bonds. The SMILES string of the molecule is CCC1=C(C)CC=C(CC(=O)OC2=CCC=C(O)C3CC23)C2CC12C. The van der Waals surface area contributed by atoms with Crippen LogP contribution in [0.4, 0.5) is 0 Å². The Morgan fingerprint density at radius 1 is 1.32 bits per heavy atom. The third-order valence-electron chi connectivity index (χ3n) is 6.68. The zero-order valence-corrected chi connectivity index (χ0v) is 15.5. The Labute approximate surface area is 150 Å². The van der Waals surface area contributed by atoms with Gasteiger partial charge in [-0.05, 0) is 62.5 Å². The minimum atomic E-state index is -0.142. The monoisotopic (exact) mass is 340 g/mol. The van der Waals surface area contributed by atoms with Gasteiger partial charge in [0, 0.05) is 11.8 Å². The van der Waals surface area contributed by atoms with Gasteiger partial charge in [0.2, 0.25) is 0 Å². The molecule has 4 atom stereocenters. The predicted octanol–water partition coefficient (Wildman–Crippen LogP) is 5.37. The van der Waals surface area contributed by atoms with E-state index in [0.717, 1.165) is 31.4 Å². The van der Waals surface area contributed by atoms with Crippen LogP contribution < -0.4 is 0 Å². The number of rotatable bonds is 4. The van der Waals surface area contributed by atoms with E-state index in [1.807, 2.05) is 12.2 Å². The summed E-state index contributed by atoms with van der Waals surface area (Å²) in [6.45, 7) is 6.83. The van der Waals surface area contributed by atoms with Crippen LogP contribution in [-0.4, -0.2) is 11.1 Å². The largest absolute Gasteiger partial charge is 0.512 e. The maximum Gasteiger partial charge on any atom is 0.314 e. The molecule has 0 spiro atoms. The smallest absolute Gasteiger partial charge is 0.314 e. The number of ether oxygens (including phenoxy) is 1. The van der Waals surface area contributed by atoms with Crippen molar-refractivity contribution in [2.75, 3.05) is 0 Å². The van der Waals surface area contributed by atoms with E-state index in [9.17, 15) is 9.90 Å². The van der Waals surface area contributed by atoms with E-state index in [0.29, 0.717) is 24.5 Å². The van der Waals surface area contributed by atoms with Gasteiger partial charge in [0.1, 0.15) is 5.76 Å². The predicted molar refractivity (Wildman–Crippen MR) is 97.6 cm³/mol. The van der Waals surface area contributed by atoms with E-state index in [-0.39, 0.29) is 23.2 Å². The summed E-state index contributed by atoms with van der Waals surface area (Å²) >= 11 is 0. The first kappa shape index (κ1) is 16.7. The molecular formula is C22H28O3. The van der Waals surface area contributed by atoms with Crippen molar-refractivity contribution in [3.63, 3.8) is 0 Å². The summed E-state index contributed by atoms with van der Waals surface area (Å²) in [7, 11) is 0. The highest BCUT2D eigenvalue weighted by Crippen LogP contribution is 2.64. The fourth-order valence-corrected chi connectivity index (χ4v) is 5.06. The molecule has 2 fully saturated rings. The fraction of sp³-hybridized carbons (Fsp3) is 0.591. The highest BCUT2D eigenvalue weighted by atomic mass is 16.5. The van der Waals surface area contributed by atoms with Crippen LogP contribution >= 0.6 is 0 Å². The van der Waals surface area contributed by atoms with Crippen molar-refractivity contribution in [2.24, 2.45) is 23.2 Å². The van der Waals surface area contributed by atoms with Crippen LogP contribution in [0.25, 0.3) is 0 Å². The number of hydrogen-bond donors (Lipinski definition) is 1. The second-order valence-electron chi connectivity index (χ2n) is 8.34. The van der Waals surface area contributed by atoms with E-state index in [1.54, 1.807) is 5.57 Å². The first-order valence-electron chi connectivity index (χ1n) is 9.61.